The van der Waals surface area contributed by atoms with Crippen LogP contribution in [0.3, 0.4) is 0 Å². The Morgan fingerprint density at radius 2 is 1.61 bits per heavy atom. The Labute approximate surface area is 111 Å². The van der Waals surface area contributed by atoms with Crippen LogP contribution >= 0.6 is 11.8 Å². The van der Waals surface area contributed by atoms with Crippen LogP contribution < -0.4 is 0 Å². The zero-order valence-electron chi connectivity index (χ0n) is 10.7. The van der Waals surface area contributed by atoms with Crippen molar-refractivity contribution in [1.82, 2.24) is 0 Å². The maximum absolute atomic E-state index is 11.8. The van der Waals surface area contributed by atoms with Crippen molar-refractivity contribution in [2.45, 2.75) is 18.7 Å². The van der Waals surface area contributed by atoms with Crippen molar-refractivity contribution in [2.75, 3.05) is 19.5 Å². The number of rotatable bonds is 5. The van der Waals surface area contributed by atoms with Crippen molar-refractivity contribution in [2.24, 2.45) is 0 Å². The van der Waals surface area contributed by atoms with Crippen molar-refractivity contribution in [3.8, 4) is 0 Å². The molecule has 0 bridgehead atoms. The monoisotopic (exact) mass is 268 g/mol. The van der Waals surface area contributed by atoms with Gasteiger partial charge in [-0.05, 0) is 38.3 Å². The van der Waals surface area contributed by atoms with E-state index in [9.17, 15) is 9.59 Å². The number of carbonyl (C=O) groups is 2. The molecule has 1 rings (SSSR count). The van der Waals surface area contributed by atoms with Crippen LogP contribution in [-0.4, -0.2) is 31.4 Å². The van der Waals surface area contributed by atoms with Crippen molar-refractivity contribution in [3.63, 3.8) is 0 Å². The fourth-order valence-electron chi connectivity index (χ4n) is 1.41. The van der Waals surface area contributed by atoms with Gasteiger partial charge >= 0.3 is 11.9 Å². The molecule has 0 saturated carbocycles. The van der Waals surface area contributed by atoms with Crippen molar-refractivity contribution in [1.29, 1.82) is 0 Å². The first kappa shape index (κ1) is 14.6. The Morgan fingerprint density at radius 3 is 2.11 bits per heavy atom. The van der Waals surface area contributed by atoms with Crippen molar-refractivity contribution < 1.29 is 19.1 Å². The number of carbonyl (C=O) groups excluding carboxylic acids is 2. The molecule has 0 aromatic heterocycles. The average molecular weight is 268 g/mol. The predicted molar refractivity (Wildman–Crippen MR) is 70.1 cm³/mol. The molecule has 18 heavy (non-hydrogen) atoms. The molecule has 0 spiro atoms. The Morgan fingerprint density at radius 1 is 1.06 bits per heavy atom. The molecule has 98 valence electrons. The van der Waals surface area contributed by atoms with Crippen LogP contribution in [0.2, 0.25) is 0 Å². The van der Waals surface area contributed by atoms with E-state index in [1.54, 1.807) is 32.0 Å². The summed E-state index contributed by atoms with van der Waals surface area (Å²) in [7, 11) is 0. The first-order valence-corrected chi connectivity index (χ1v) is 6.88. The minimum Gasteiger partial charge on any atom is -0.462 e. The zero-order valence-corrected chi connectivity index (χ0v) is 11.5. The zero-order chi connectivity index (χ0) is 13.5. The summed E-state index contributed by atoms with van der Waals surface area (Å²) in [6.07, 6.45) is 1.90. The van der Waals surface area contributed by atoms with Crippen LogP contribution in [0.4, 0.5) is 0 Å². The second-order valence-corrected chi connectivity index (χ2v) is 4.23. The third kappa shape index (κ3) is 3.50. The fourth-order valence-corrected chi connectivity index (χ4v) is 1.85. The Hall–Kier alpha value is -1.49. The number of benzene rings is 1. The van der Waals surface area contributed by atoms with E-state index in [1.165, 1.54) is 11.8 Å². The summed E-state index contributed by atoms with van der Waals surface area (Å²) in [4.78, 5) is 24.4. The van der Waals surface area contributed by atoms with Gasteiger partial charge < -0.3 is 9.47 Å². The molecule has 0 N–H and O–H groups in total. The van der Waals surface area contributed by atoms with Gasteiger partial charge in [0.05, 0.1) is 24.3 Å². The highest BCUT2D eigenvalue weighted by Gasteiger charge is 2.19. The first-order chi connectivity index (χ1) is 8.63. The SMILES string of the molecule is CCOC(=O)c1ccc(SC)cc1C(=O)OCC. The third-order valence-corrected chi connectivity index (χ3v) is 2.94. The summed E-state index contributed by atoms with van der Waals surface area (Å²) >= 11 is 1.49. The fraction of sp³-hybridized carbons (Fsp3) is 0.385. The molecule has 0 aliphatic carbocycles. The van der Waals surface area contributed by atoms with Gasteiger partial charge in [-0.2, -0.15) is 0 Å². The highest BCUT2D eigenvalue weighted by molar-refractivity contribution is 7.98. The lowest BCUT2D eigenvalue weighted by Gasteiger charge is -2.09. The Balaban J connectivity index is 3.15. The van der Waals surface area contributed by atoms with E-state index >= 15 is 0 Å². The van der Waals surface area contributed by atoms with Crippen molar-refractivity contribution in [3.05, 3.63) is 29.3 Å². The molecular formula is C13H16O4S. The summed E-state index contributed by atoms with van der Waals surface area (Å²) < 4.78 is 9.86. The van der Waals surface area contributed by atoms with Crippen LogP contribution in [0.25, 0.3) is 0 Å². The largest absolute Gasteiger partial charge is 0.462 e. The van der Waals surface area contributed by atoms with Crippen LogP contribution in [0.15, 0.2) is 23.1 Å². The normalized spacial score (nSPS) is 9.94. The number of ether oxygens (including phenoxy) is 2. The molecule has 0 fully saturated rings. The predicted octanol–water partition coefficient (Wildman–Crippen LogP) is 2.76. The Kier molecular flexibility index (Phi) is 5.71. The topological polar surface area (TPSA) is 52.6 Å². The minimum atomic E-state index is -0.506. The van der Waals surface area contributed by atoms with Gasteiger partial charge in [0, 0.05) is 4.90 Å². The van der Waals surface area contributed by atoms with E-state index in [0.29, 0.717) is 0 Å². The van der Waals surface area contributed by atoms with Crippen molar-refractivity contribution >= 4 is 23.7 Å². The number of thioether (sulfide) groups is 1. The molecule has 0 amide bonds. The summed E-state index contributed by atoms with van der Waals surface area (Å²) in [5.41, 5.74) is 0.496. The van der Waals surface area contributed by atoms with Crippen LogP contribution in [0.5, 0.6) is 0 Å². The minimum absolute atomic E-state index is 0.244. The lowest BCUT2D eigenvalue weighted by molar-refractivity contribution is 0.0478. The second-order valence-electron chi connectivity index (χ2n) is 3.35. The molecule has 0 unspecified atom stereocenters. The smallest absolute Gasteiger partial charge is 0.339 e. The molecule has 1 aromatic rings. The standard InChI is InChI=1S/C13H16O4S/c1-4-16-12(14)10-7-6-9(18-3)8-11(10)13(15)17-5-2/h6-8H,4-5H2,1-3H3. The van der Waals surface area contributed by atoms with E-state index in [4.69, 9.17) is 9.47 Å². The van der Waals surface area contributed by atoms with Gasteiger partial charge in [0.15, 0.2) is 0 Å². The van der Waals surface area contributed by atoms with Crippen LogP contribution in [0.1, 0.15) is 34.6 Å². The molecule has 1 aromatic carbocycles. The van der Waals surface area contributed by atoms with Gasteiger partial charge in [-0.1, -0.05) is 0 Å². The first-order valence-electron chi connectivity index (χ1n) is 5.66. The highest BCUT2D eigenvalue weighted by atomic mass is 32.2. The van der Waals surface area contributed by atoms with Gasteiger partial charge in [0.1, 0.15) is 0 Å². The summed E-state index contributed by atoms with van der Waals surface area (Å²) in [5.74, 6) is -1.01. The van der Waals surface area contributed by atoms with Gasteiger partial charge in [0.2, 0.25) is 0 Å². The number of hydrogen-bond acceptors (Lipinski definition) is 5. The maximum atomic E-state index is 11.8. The van der Waals surface area contributed by atoms with E-state index in [2.05, 4.69) is 0 Å². The van der Waals surface area contributed by atoms with E-state index in [0.717, 1.165) is 4.90 Å². The third-order valence-electron chi connectivity index (χ3n) is 2.22. The van der Waals surface area contributed by atoms with Gasteiger partial charge in [-0.3, -0.25) is 0 Å². The number of esters is 2. The highest BCUT2D eigenvalue weighted by Crippen LogP contribution is 2.21. The lowest BCUT2D eigenvalue weighted by Crippen LogP contribution is -2.14. The molecule has 4 nitrogen and oxygen atoms in total. The molecule has 0 heterocycles. The van der Waals surface area contributed by atoms with Gasteiger partial charge in [-0.25, -0.2) is 9.59 Å². The Bertz CT molecular complexity index is 443. The average Bonchev–Trinajstić information content (AvgIpc) is 2.38. The second kappa shape index (κ2) is 7.06. The molecule has 0 atom stereocenters. The molecule has 0 aliphatic heterocycles. The maximum Gasteiger partial charge on any atom is 0.339 e. The quantitative estimate of drug-likeness (QED) is 0.607. The molecule has 5 heteroatoms. The summed E-state index contributed by atoms with van der Waals surface area (Å²) in [6.45, 7) is 3.98. The molecule has 0 saturated heterocycles. The lowest BCUT2D eigenvalue weighted by atomic mass is 10.1. The van der Waals surface area contributed by atoms with E-state index in [1.807, 2.05) is 6.26 Å². The van der Waals surface area contributed by atoms with Crippen LogP contribution in [0, 0.1) is 0 Å². The van der Waals surface area contributed by atoms with Crippen LogP contribution in [-0.2, 0) is 9.47 Å². The molecular weight excluding hydrogens is 252 g/mol. The molecule has 0 aliphatic rings. The van der Waals surface area contributed by atoms with Gasteiger partial charge in [-0.15, -0.1) is 11.8 Å². The molecule has 0 radical (unpaired) electrons. The van der Waals surface area contributed by atoms with E-state index in [-0.39, 0.29) is 24.3 Å². The number of hydrogen-bond donors (Lipinski definition) is 0. The van der Waals surface area contributed by atoms with E-state index < -0.39 is 11.9 Å². The summed E-state index contributed by atoms with van der Waals surface area (Å²) in [5, 5.41) is 0. The van der Waals surface area contributed by atoms with Gasteiger partial charge in [0.25, 0.3) is 0 Å². The summed E-state index contributed by atoms with van der Waals surface area (Å²) in [6, 6.07) is 5.02.